The maximum absolute atomic E-state index is 12.2. The van der Waals surface area contributed by atoms with Crippen molar-refractivity contribution in [3.8, 4) is 10.8 Å². The van der Waals surface area contributed by atoms with Crippen LogP contribution in [0, 0.1) is 13.8 Å². The third kappa shape index (κ3) is 3.49. The first-order valence-corrected chi connectivity index (χ1v) is 9.12. The van der Waals surface area contributed by atoms with Crippen LogP contribution >= 0.6 is 22.7 Å². The number of aromatic nitrogens is 2. The van der Waals surface area contributed by atoms with Gasteiger partial charge in [-0.3, -0.25) is 4.79 Å². The summed E-state index contributed by atoms with van der Waals surface area (Å²) in [6.07, 6.45) is 0. The summed E-state index contributed by atoms with van der Waals surface area (Å²) in [5.41, 5.74) is 1.10. The number of carbonyl (C=O) groups excluding carboxylic acids is 1. The van der Waals surface area contributed by atoms with Crippen LogP contribution in [0.2, 0.25) is 0 Å². The molecule has 0 spiro atoms. The minimum absolute atomic E-state index is 0.123. The molecule has 8 heteroatoms. The average molecular weight is 363 g/mol. The van der Waals surface area contributed by atoms with E-state index in [1.54, 1.807) is 11.3 Å². The molecule has 24 heavy (non-hydrogen) atoms. The summed E-state index contributed by atoms with van der Waals surface area (Å²) in [5, 5.41) is 8.85. The topological polar surface area (TPSA) is 77.1 Å². The van der Waals surface area contributed by atoms with Gasteiger partial charge in [-0.25, -0.2) is 4.79 Å². The van der Waals surface area contributed by atoms with E-state index < -0.39 is 5.76 Å². The van der Waals surface area contributed by atoms with Crippen LogP contribution in [-0.2, 0) is 11.3 Å². The van der Waals surface area contributed by atoms with Gasteiger partial charge in [0.1, 0.15) is 6.54 Å². The number of hydrogen-bond acceptors (Lipinski definition) is 6. The fourth-order valence-electron chi connectivity index (χ4n) is 2.49. The minimum Gasteiger partial charge on any atom is -0.387 e. The minimum atomic E-state index is -0.635. The van der Waals surface area contributed by atoms with Crippen LogP contribution < -0.4 is 11.1 Å². The lowest BCUT2D eigenvalue weighted by molar-refractivity contribution is -0.122. The summed E-state index contributed by atoms with van der Waals surface area (Å²) >= 11 is 3.12. The average Bonchev–Trinajstić information content (AvgIpc) is 3.21. The second-order valence-electron chi connectivity index (χ2n) is 5.47. The highest BCUT2D eigenvalue weighted by atomic mass is 32.1. The van der Waals surface area contributed by atoms with E-state index in [9.17, 15) is 9.59 Å². The Hall–Kier alpha value is -2.19. The van der Waals surface area contributed by atoms with E-state index >= 15 is 0 Å². The second-order valence-corrected chi connectivity index (χ2v) is 7.87. The molecule has 126 valence electrons. The van der Waals surface area contributed by atoms with Crippen LogP contribution in [0.5, 0.6) is 0 Å². The van der Waals surface area contributed by atoms with Crippen LogP contribution in [-0.4, -0.2) is 15.7 Å². The van der Waals surface area contributed by atoms with Gasteiger partial charge < -0.3 is 9.73 Å². The number of nitrogens with zero attached hydrogens (tertiary/aromatic N) is 2. The normalized spacial score (nSPS) is 12.3. The largest absolute Gasteiger partial charge is 0.437 e. The molecular formula is C16H17N3O3S2. The third-order valence-electron chi connectivity index (χ3n) is 3.55. The number of aryl methyl sites for hydroxylation is 2. The zero-order valence-corrected chi connectivity index (χ0v) is 15.2. The highest BCUT2D eigenvalue weighted by Crippen LogP contribution is 2.26. The molecule has 0 fully saturated rings. The highest BCUT2D eigenvalue weighted by molar-refractivity contribution is 7.13. The SMILES string of the molecule is Cc1cc([C@@H](C)NC(=O)Cn2nc(-c3cccs3)oc2=O)c(C)s1. The quantitative estimate of drug-likeness (QED) is 0.755. The smallest absolute Gasteiger partial charge is 0.387 e. The van der Waals surface area contributed by atoms with E-state index in [1.807, 2.05) is 38.3 Å². The van der Waals surface area contributed by atoms with E-state index in [2.05, 4.69) is 16.5 Å². The first-order valence-electron chi connectivity index (χ1n) is 7.42. The number of carbonyl (C=O) groups is 1. The summed E-state index contributed by atoms with van der Waals surface area (Å²) in [5.74, 6) is -0.678. The van der Waals surface area contributed by atoms with Crippen LogP contribution in [0.3, 0.4) is 0 Å². The molecule has 3 aromatic heterocycles. The molecule has 1 amide bonds. The zero-order valence-electron chi connectivity index (χ0n) is 13.5. The molecular weight excluding hydrogens is 346 g/mol. The number of nitrogens with one attached hydrogen (secondary N) is 1. The molecule has 0 aliphatic rings. The van der Waals surface area contributed by atoms with E-state index in [0.29, 0.717) is 0 Å². The second kappa shape index (κ2) is 6.74. The van der Waals surface area contributed by atoms with Gasteiger partial charge >= 0.3 is 5.76 Å². The Morgan fingerprint density at radius 1 is 1.46 bits per heavy atom. The van der Waals surface area contributed by atoms with Gasteiger partial charge in [-0.2, -0.15) is 4.68 Å². The van der Waals surface area contributed by atoms with Crippen molar-refractivity contribution in [2.45, 2.75) is 33.4 Å². The van der Waals surface area contributed by atoms with E-state index in [0.717, 1.165) is 15.1 Å². The highest BCUT2D eigenvalue weighted by Gasteiger charge is 2.17. The molecule has 3 heterocycles. The van der Waals surface area contributed by atoms with Crippen molar-refractivity contribution < 1.29 is 9.21 Å². The molecule has 0 saturated carbocycles. The van der Waals surface area contributed by atoms with Crippen molar-refractivity contribution in [2.75, 3.05) is 0 Å². The maximum atomic E-state index is 12.2. The number of rotatable bonds is 5. The summed E-state index contributed by atoms with van der Waals surface area (Å²) in [6.45, 7) is 5.83. The van der Waals surface area contributed by atoms with E-state index in [4.69, 9.17) is 4.42 Å². The maximum Gasteiger partial charge on any atom is 0.437 e. The van der Waals surface area contributed by atoms with Gasteiger partial charge in [-0.1, -0.05) is 6.07 Å². The molecule has 3 aromatic rings. The van der Waals surface area contributed by atoms with Gasteiger partial charge in [0, 0.05) is 9.75 Å². The van der Waals surface area contributed by atoms with Gasteiger partial charge in [0.05, 0.1) is 10.9 Å². The number of thiophene rings is 2. The molecule has 0 unspecified atom stereocenters. The van der Waals surface area contributed by atoms with Crippen LogP contribution in [0.4, 0.5) is 0 Å². The lowest BCUT2D eigenvalue weighted by Gasteiger charge is -2.13. The Labute approximate surface area is 146 Å². The van der Waals surface area contributed by atoms with Gasteiger partial charge in [-0.05, 0) is 43.8 Å². The standard InChI is InChI=1S/C16H17N3O3S2/c1-9-7-12(11(3)24-9)10(2)17-14(20)8-19-16(21)22-15(18-19)13-5-4-6-23-13/h4-7,10H,8H2,1-3H3,(H,17,20)/t10-/m1/s1. The Morgan fingerprint density at radius 3 is 2.88 bits per heavy atom. The molecule has 0 saturated heterocycles. The van der Waals surface area contributed by atoms with Crippen molar-refractivity contribution in [2.24, 2.45) is 0 Å². The molecule has 0 radical (unpaired) electrons. The first kappa shape index (κ1) is 16.7. The van der Waals surface area contributed by atoms with E-state index in [1.165, 1.54) is 21.1 Å². The Balaban J connectivity index is 1.69. The first-order chi connectivity index (χ1) is 11.4. The Morgan fingerprint density at radius 2 is 2.25 bits per heavy atom. The summed E-state index contributed by atoms with van der Waals surface area (Å²) < 4.78 is 6.14. The Kier molecular flexibility index (Phi) is 4.68. The van der Waals surface area contributed by atoms with Crippen molar-refractivity contribution in [3.63, 3.8) is 0 Å². The zero-order chi connectivity index (χ0) is 17.3. The predicted octanol–water partition coefficient (Wildman–Crippen LogP) is 3.12. The third-order valence-corrected chi connectivity index (χ3v) is 5.39. The van der Waals surface area contributed by atoms with Crippen molar-refractivity contribution in [1.82, 2.24) is 15.1 Å². The summed E-state index contributed by atoms with van der Waals surface area (Å²) in [7, 11) is 0. The summed E-state index contributed by atoms with van der Waals surface area (Å²) in [6, 6.07) is 5.60. The van der Waals surface area contributed by atoms with Gasteiger partial charge in [-0.15, -0.1) is 27.8 Å². The monoisotopic (exact) mass is 363 g/mol. The molecule has 0 aromatic carbocycles. The lowest BCUT2D eigenvalue weighted by Crippen LogP contribution is -2.33. The molecule has 1 N–H and O–H groups in total. The van der Waals surface area contributed by atoms with Crippen molar-refractivity contribution in [1.29, 1.82) is 0 Å². The van der Waals surface area contributed by atoms with Crippen LogP contribution in [0.1, 0.15) is 28.3 Å². The van der Waals surface area contributed by atoms with Gasteiger partial charge in [0.2, 0.25) is 5.91 Å². The molecule has 0 bridgehead atoms. The van der Waals surface area contributed by atoms with Crippen LogP contribution in [0.25, 0.3) is 10.8 Å². The molecule has 1 atom stereocenters. The fourth-order valence-corrected chi connectivity index (χ4v) is 4.15. The predicted molar refractivity (Wildman–Crippen MR) is 94.4 cm³/mol. The Bertz CT molecular complexity index is 906. The van der Waals surface area contributed by atoms with E-state index in [-0.39, 0.29) is 24.4 Å². The molecule has 0 aliphatic heterocycles. The number of hydrogen-bond donors (Lipinski definition) is 1. The number of amides is 1. The molecule has 6 nitrogen and oxygen atoms in total. The summed E-state index contributed by atoms with van der Waals surface area (Å²) in [4.78, 5) is 27.2. The van der Waals surface area contributed by atoms with Crippen LogP contribution in [0.15, 0.2) is 32.8 Å². The lowest BCUT2D eigenvalue weighted by atomic mass is 10.1. The molecule has 3 rings (SSSR count). The fraction of sp³-hybridized carbons (Fsp3) is 0.312. The van der Waals surface area contributed by atoms with Gasteiger partial charge in [0.25, 0.3) is 5.89 Å². The van der Waals surface area contributed by atoms with Gasteiger partial charge in [0.15, 0.2) is 0 Å². The van der Waals surface area contributed by atoms with Crippen molar-refractivity contribution >= 4 is 28.6 Å². The molecule has 0 aliphatic carbocycles. The van der Waals surface area contributed by atoms with Crippen molar-refractivity contribution in [3.05, 3.63) is 49.4 Å².